The highest BCUT2D eigenvalue weighted by Gasteiger charge is 2.71. The molecule has 7 nitrogen and oxygen atoms in total. The first kappa shape index (κ1) is 28.0. The summed E-state index contributed by atoms with van der Waals surface area (Å²) in [7, 11) is 0. The van der Waals surface area contributed by atoms with Gasteiger partial charge in [-0.15, -0.1) is 6.58 Å². The molecular formula is C30H44O7. The van der Waals surface area contributed by atoms with Gasteiger partial charge in [-0.2, -0.15) is 0 Å². The number of carbonyl (C=O) groups excluding carboxylic acids is 3. The van der Waals surface area contributed by atoms with Crippen molar-refractivity contribution < 1.29 is 33.3 Å². The zero-order chi connectivity index (χ0) is 27.8. The second kappa shape index (κ2) is 8.77. The number of hydrogen-bond donors (Lipinski definition) is 0. The monoisotopic (exact) mass is 516 g/mol. The Kier molecular flexibility index (Phi) is 6.64. The minimum absolute atomic E-state index is 0.0358. The highest BCUT2D eigenvalue weighted by Crippen LogP contribution is 2.66. The summed E-state index contributed by atoms with van der Waals surface area (Å²) in [6, 6.07) is 0. The Balaban J connectivity index is 1.77. The number of ether oxygens (including phenoxy) is 4. The summed E-state index contributed by atoms with van der Waals surface area (Å²) in [5.74, 6) is -1.14. The molecule has 2 aliphatic heterocycles. The molecule has 0 aromatic carbocycles. The smallest absolute Gasteiger partial charge is 0.341 e. The average molecular weight is 517 g/mol. The highest BCUT2D eigenvalue weighted by molar-refractivity contribution is 5.90. The van der Waals surface area contributed by atoms with Crippen LogP contribution in [-0.2, 0) is 33.3 Å². The van der Waals surface area contributed by atoms with E-state index in [-0.39, 0.29) is 30.1 Å². The van der Waals surface area contributed by atoms with Crippen molar-refractivity contribution in [3.8, 4) is 0 Å². The van der Waals surface area contributed by atoms with Crippen molar-refractivity contribution in [2.24, 2.45) is 22.7 Å². The Morgan fingerprint density at radius 3 is 2.22 bits per heavy atom. The Morgan fingerprint density at radius 1 is 1.05 bits per heavy atom. The molecule has 2 heterocycles. The lowest BCUT2D eigenvalue weighted by Gasteiger charge is -2.66. The van der Waals surface area contributed by atoms with Crippen molar-refractivity contribution in [2.45, 2.75) is 123 Å². The van der Waals surface area contributed by atoms with Gasteiger partial charge in [0.2, 0.25) is 0 Å². The van der Waals surface area contributed by atoms with E-state index >= 15 is 0 Å². The third kappa shape index (κ3) is 4.12. The van der Waals surface area contributed by atoms with E-state index in [1.54, 1.807) is 32.9 Å². The van der Waals surface area contributed by atoms with Crippen molar-refractivity contribution in [2.75, 3.05) is 0 Å². The van der Waals surface area contributed by atoms with E-state index in [2.05, 4.69) is 27.4 Å². The van der Waals surface area contributed by atoms with Gasteiger partial charge in [0.15, 0.2) is 11.4 Å². The third-order valence-corrected chi connectivity index (χ3v) is 10.6. The lowest BCUT2D eigenvalue weighted by molar-refractivity contribution is -0.274. The Morgan fingerprint density at radius 2 is 1.68 bits per heavy atom. The number of allylic oxidation sites excluding steroid dienone is 1. The van der Waals surface area contributed by atoms with E-state index in [1.165, 1.54) is 0 Å². The summed E-state index contributed by atoms with van der Waals surface area (Å²) in [6.07, 6.45) is 4.24. The van der Waals surface area contributed by atoms with Crippen LogP contribution in [0.25, 0.3) is 0 Å². The molecule has 9 atom stereocenters. The molecule has 7 heteroatoms. The minimum Gasteiger partial charge on any atom is -0.459 e. The molecule has 0 radical (unpaired) electrons. The lowest BCUT2D eigenvalue weighted by Crippen LogP contribution is -2.72. The molecule has 206 valence electrons. The SMILES string of the molecule is C=CC1(C)CCC2C(C)(O1)C(=O)CC1C(C)(C)C(OC(=O)C3(C)OC3C)CC(OC(=O)C(C)=CC)C21C. The first-order chi connectivity index (χ1) is 17.0. The van der Waals surface area contributed by atoms with Gasteiger partial charge in [-0.05, 0) is 60.3 Å². The maximum atomic E-state index is 13.9. The number of Topliss-reactive ketones (excluding diaryl/α,β-unsaturated/α-hetero) is 1. The minimum atomic E-state index is -1.03. The zero-order valence-electron chi connectivity index (χ0n) is 23.9. The summed E-state index contributed by atoms with van der Waals surface area (Å²) in [6.45, 7) is 21.2. The molecule has 37 heavy (non-hydrogen) atoms. The van der Waals surface area contributed by atoms with Crippen LogP contribution in [0.5, 0.6) is 0 Å². The van der Waals surface area contributed by atoms with Crippen LogP contribution in [0.4, 0.5) is 0 Å². The van der Waals surface area contributed by atoms with Gasteiger partial charge in [-0.25, -0.2) is 9.59 Å². The Hall–Kier alpha value is -1.99. The maximum Gasteiger partial charge on any atom is 0.341 e. The summed E-state index contributed by atoms with van der Waals surface area (Å²) < 4.78 is 24.4. The van der Waals surface area contributed by atoms with E-state index < -0.39 is 51.8 Å². The Labute approximate surface area is 221 Å². The van der Waals surface area contributed by atoms with E-state index in [0.717, 1.165) is 6.42 Å². The summed E-state index contributed by atoms with van der Waals surface area (Å²) in [4.78, 5) is 40.0. The first-order valence-electron chi connectivity index (χ1n) is 13.6. The van der Waals surface area contributed by atoms with Crippen LogP contribution in [0.15, 0.2) is 24.3 Å². The molecule has 4 fully saturated rings. The van der Waals surface area contributed by atoms with Gasteiger partial charge in [-0.1, -0.05) is 32.9 Å². The average Bonchev–Trinajstić information content (AvgIpc) is 3.45. The second-order valence-corrected chi connectivity index (χ2v) is 13.0. The lowest BCUT2D eigenvalue weighted by atomic mass is 9.42. The predicted octanol–water partition coefficient (Wildman–Crippen LogP) is 5.11. The van der Waals surface area contributed by atoms with Gasteiger partial charge in [0.25, 0.3) is 0 Å². The molecule has 0 aromatic heterocycles. The second-order valence-electron chi connectivity index (χ2n) is 13.0. The predicted molar refractivity (Wildman–Crippen MR) is 139 cm³/mol. The number of esters is 2. The van der Waals surface area contributed by atoms with Crippen LogP contribution < -0.4 is 0 Å². The molecule has 2 saturated heterocycles. The van der Waals surface area contributed by atoms with Crippen molar-refractivity contribution in [1.29, 1.82) is 0 Å². The fraction of sp³-hybridized carbons (Fsp3) is 0.767. The first-order valence-corrected chi connectivity index (χ1v) is 13.6. The van der Waals surface area contributed by atoms with Gasteiger partial charge in [0.1, 0.15) is 17.8 Å². The molecule has 0 aromatic rings. The van der Waals surface area contributed by atoms with Crippen molar-refractivity contribution >= 4 is 17.7 Å². The molecular weight excluding hydrogens is 472 g/mol. The molecule has 0 spiro atoms. The highest BCUT2D eigenvalue weighted by atomic mass is 16.7. The summed E-state index contributed by atoms with van der Waals surface area (Å²) in [5, 5.41) is 0. The molecule has 0 N–H and O–H groups in total. The van der Waals surface area contributed by atoms with Gasteiger partial charge in [-0.3, -0.25) is 4.79 Å². The summed E-state index contributed by atoms with van der Waals surface area (Å²) in [5.41, 5.74) is -3.20. The topological polar surface area (TPSA) is 91.4 Å². The molecule has 0 amide bonds. The van der Waals surface area contributed by atoms with Gasteiger partial charge >= 0.3 is 11.9 Å². The maximum absolute atomic E-state index is 13.9. The van der Waals surface area contributed by atoms with Crippen LogP contribution in [0.1, 0.15) is 88.0 Å². The quantitative estimate of drug-likeness (QED) is 0.217. The van der Waals surface area contributed by atoms with Crippen molar-refractivity contribution in [3.63, 3.8) is 0 Å². The third-order valence-electron chi connectivity index (χ3n) is 10.6. The van der Waals surface area contributed by atoms with Crippen LogP contribution in [0, 0.1) is 22.7 Å². The summed E-state index contributed by atoms with van der Waals surface area (Å²) >= 11 is 0. The number of carbonyl (C=O) groups is 3. The number of rotatable bonds is 5. The standard InChI is InChI=1S/C30H44O7/c1-11-17(3)24(32)34-23-16-22(35-25(33)29(9)18(4)36-29)26(5,6)20-15-21(31)30(10)19(28(20,23)8)13-14-27(7,12-2)37-30/h11-12,18-20,22-23H,2,13-16H2,1,3-10H3. The number of fused-ring (bicyclic) bond motifs is 3. The van der Waals surface area contributed by atoms with Gasteiger partial charge in [0.05, 0.1) is 11.7 Å². The molecule has 4 aliphatic rings. The van der Waals surface area contributed by atoms with Crippen LogP contribution in [-0.4, -0.2) is 52.8 Å². The van der Waals surface area contributed by atoms with Crippen LogP contribution in [0.2, 0.25) is 0 Å². The number of ketones is 1. The normalized spacial score (nSPS) is 46.8. The van der Waals surface area contributed by atoms with Crippen molar-refractivity contribution in [1.82, 2.24) is 0 Å². The van der Waals surface area contributed by atoms with E-state index in [9.17, 15) is 14.4 Å². The fourth-order valence-corrected chi connectivity index (χ4v) is 7.46. The van der Waals surface area contributed by atoms with Crippen molar-refractivity contribution in [3.05, 3.63) is 24.3 Å². The van der Waals surface area contributed by atoms with E-state index in [1.807, 2.05) is 20.8 Å². The molecule has 4 rings (SSSR count). The van der Waals surface area contributed by atoms with Gasteiger partial charge in [0, 0.05) is 35.2 Å². The fourth-order valence-electron chi connectivity index (χ4n) is 7.46. The largest absolute Gasteiger partial charge is 0.459 e. The number of hydrogen-bond acceptors (Lipinski definition) is 7. The molecule has 2 saturated carbocycles. The van der Waals surface area contributed by atoms with Gasteiger partial charge < -0.3 is 18.9 Å². The van der Waals surface area contributed by atoms with E-state index in [4.69, 9.17) is 18.9 Å². The molecule has 0 bridgehead atoms. The number of epoxide rings is 1. The van der Waals surface area contributed by atoms with Crippen LogP contribution >= 0.6 is 0 Å². The van der Waals surface area contributed by atoms with Crippen LogP contribution in [0.3, 0.4) is 0 Å². The Bertz CT molecular complexity index is 1040. The zero-order valence-corrected chi connectivity index (χ0v) is 23.9. The van der Waals surface area contributed by atoms with E-state index in [0.29, 0.717) is 18.4 Å². The molecule has 2 aliphatic carbocycles. The molecule has 9 unspecified atom stereocenters.